The minimum absolute atomic E-state index is 0.296. The molecule has 0 saturated carbocycles. The number of hydrogen-bond donors (Lipinski definition) is 0. The molecular weight excluding hydrogens is 354 g/mol. The van der Waals surface area contributed by atoms with Crippen molar-refractivity contribution in [3.8, 4) is 16.9 Å². The number of nitrogens with zero attached hydrogens (tertiary/aromatic N) is 1. The fourth-order valence-electron chi connectivity index (χ4n) is 4.32. The quantitative estimate of drug-likeness (QED) is 0.643. The summed E-state index contributed by atoms with van der Waals surface area (Å²) in [4.78, 5) is 14.5. The highest BCUT2D eigenvalue weighted by Gasteiger charge is 2.26. The van der Waals surface area contributed by atoms with Crippen LogP contribution in [-0.2, 0) is 11.3 Å². The second kappa shape index (κ2) is 7.08. The van der Waals surface area contributed by atoms with Crippen molar-refractivity contribution < 1.29 is 13.9 Å². The highest BCUT2D eigenvalue weighted by molar-refractivity contribution is 5.96. The third kappa shape index (κ3) is 3.11. The summed E-state index contributed by atoms with van der Waals surface area (Å²) in [6.45, 7) is 5.04. The second-order valence-corrected chi connectivity index (χ2v) is 7.63. The standard InChI is InChI=1S/C23H23NO4/c1-15-22-17(12-24(14-27-22)13-18-8-5-9-26-18)10-20-19(11-21(25)28-23(15)20)16-6-3-2-4-7-16/h2-4,6-7,10-11,18H,5,8-9,12-14H2,1H3. The van der Waals surface area contributed by atoms with Gasteiger partial charge in [-0.15, -0.1) is 0 Å². The fourth-order valence-corrected chi connectivity index (χ4v) is 4.32. The van der Waals surface area contributed by atoms with Crippen molar-refractivity contribution in [2.24, 2.45) is 0 Å². The Bertz CT molecular complexity index is 1070. The van der Waals surface area contributed by atoms with Crippen molar-refractivity contribution in [1.82, 2.24) is 4.90 Å². The van der Waals surface area contributed by atoms with Crippen molar-refractivity contribution in [3.63, 3.8) is 0 Å². The van der Waals surface area contributed by atoms with Crippen LogP contribution in [0.4, 0.5) is 0 Å². The van der Waals surface area contributed by atoms with Gasteiger partial charge in [-0.2, -0.15) is 0 Å². The highest BCUT2D eigenvalue weighted by atomic mass is 16.5. The summed E-state index contributed by atoms with van der Waals surface area (Å²) in [6.07, 6.45) is 2.55. The zero-order chi connectivity index (χ0) is 19.1. The maximum Gasteiger partial charge on any atom is 0.336 e. The van der Waals surface area contributed by atoms with E-state index < -0.39 is 0 Å². The molecule has 1 aromatic heterocycles. The smallest absolute Gasteiger partial charge is 0.336 e. The maximum absolute atomic E-state index is 12.2. The van der Waals surface area contributed by atoms with Crippen LogP contribution in [0, 0.1) is 6.92 Å². The van der Waals surface area contributed by atoms with Gasteiger partial charge in [-0.25, -0.2) is 4.79 Å². The zero-order valence-corrected chi connectivity index (χ0v) is 15.9. The molecule has 3 heterocycles. The van der Waals surface area contributed by atoms with E-state index in [0.29, 0.717) is 18.4 Å². The zero-order valence-electron chi connectivity index (χ0n) is 15.9. The van der Waals surface area contributed by atoms with Crippen LogP contribution in [0.2, 0.25) is 0 Å². The Kier molecular flexibility index (Phi) is 4.41. The van der Waals surface area contributed by atoms with Gasteiger partial charge in [-0.05, 0) is 37.0 Å². The molecule has 1 saturated heterocycles. The predicted octanol–water partition coefficient (Wildman–Crippen LogP) is 4.10. The average molecular weight is 377 g/mol. The predicted molar refractivity (Wildman–Crippen MR) is 108 cm³/mol. The highest BCUT2D eigenvalue weighted by Crippen LogP contribution is 2.38. The summed E-state index contributed by atoms with van der Waals surface area (Å²) < 4.78 is 17.4. The van der Waals surface area contributed by atoms with E-state index in [1.807, 2.05) is 37.3 Å². The van der Waals surface area contributed by atoms with E-state index in [0.717, 1.165) is 65.9 Å². The molecule has 0 aliphatic carbocycles. The Morgan fingerprint density at radius 3 is 2.82 bits per heavy atom. The van der Waals surface area contributed by atoms with E-state index in [9.17, 15) is 4.79 Å². The SMILES string of the molecule is Cc1c2c(cc3c(-c4ccccc4)cc(=O)oc13)CN(CC1CCCO1)CO2. The largest absolute Gasteiger partial charge is 0.477 e. The Balaban J connectivity index is 1.59. The first kappa shape index (κ1) is 17.5. The minimum Gasteiger partial charge on any atom is -0.477 e. The van der Waals surface area contributed by atoms with Crippen LogP contribution in [0.1, 0.15) is 24.0 Å². The van der Waals surface area contributed by atoms with Crippen molar-refractivity contribution in [3.05, 3.63) is 64.0 Å². The molecule has 0 amide bonds. The molecule has 0 spiro atoms. The normalized spacial score (nSPS) is 19.5. The third-order valence-electron chi connectivity index (χ3n) is 5.65. The lowest BCUT2D eigenvalue weighted by Crippen LogP contribution is -2.37. The minimum atomic E-state index is -0.342. The molecule has 144 valence electrons. The Labute approximate surface area is 163 Å². The summed E-state index contributed by atoms with van der Waals surface area (Å²) in [6, 6.07) is 13.7. The number of benzene rings is 2. The molecule has 3 aromatic rings. The second-order valence-electron chi connectivity index (χ2n) is 7.63. The van der Waals surface area contributed by atoms with Crippen LogP contribution in [0.15, 0.2) is 51.7 Å². The van der Waals surface area contributed by atoms with Gasteiger partial charge in [-0.1, -0.05) is 30.3 Å². The van der Waals surface area contributed by atoms with Crippen molar-refractivity contribution in [2.75, 3.05) is 19.9 Å². The number of rotatable bonds is 3. The van der Waals surface area contributed by atoms with Crippen molar-refractivity contribution in [1.29, 1.82) is 0 Å². The molecule has 1 unspecified atom stereocenters. The van der Waals surface area contributed by atoms with Gasteiger partial charge in [0.25, 0.3) is 0 Å². The molecule has 5 heteroatoms. The number of hydrogen-bond acceptors (Lipinski definition) is 5. The van der Waals surface area contributed by atoms with Crippen LogP contribution in [0.25, 0.3) is 22.1 Å². The number of aryl methyl sites for hydroxylation is 1. The lowest BCUT2D eigenvalue weighted by Gasteiger charge is -2.31. The van der Waals surface area contributed by atoms with E-state index in [1.165, 1.54) is 0 Å². The van der Waals surface area contributed by atoms with Gasteiger partial charge < -0.3 is 13.9 Å². The lowest BCUT2D eigenvalue weighted by molar-refractivity contribution is 0.0277. The first-order valence-electron chi connectivity index (χ1n) is 9.81. The van der Waals surface area contributed by atoms with E-state index in [2.05, 4.69) is 11.0 Å². The molecule has 0 radical (unpaired) electrons. The molecule has 2 aliphatic heterocycles. The van der Waals surface area contributed by atoms with Gasteiger partial charge in [0.2, 0.25) is 0 Å². The first-order valence-corrected chi connectivity index (χ1v) is 9.81. The molecule has 5 nitrogen and oxygen atoms in total. The molecule has 28 heavy (non-hydrogen) atoms. The first-order chi connectivity index (χ1) is 13.7. The summed E-state index contributed by atoms with van der Waals surface area (Å²) in [5.41, 5.74) is 4.18. The van der Waals surface area contributed by atoms with Crippen LogP contribution in [0.5, 0.6) is 5.75 Å². The summed E-state index contributed by atoms with van der Waals surface area (Å²) in [5.74, 6) is 0.837. The van der Waals surface area contributed by atoms with E-state index in [4.69, 9.17) is 13.9 Å². The maximum atomic E-state index is 12.2. The van der Waals surface area contributed by atoms with Gasteiger partial charge in [0.15, 0.2) is 0 Å². The summed E-state index contributed by atoms with van der Waals surface area (Å²) in [7, 11) is 0. The fraction of sp³-hybridized carbons (Fsp3) is 0.348. The third-order valence-corrected chi connectivity index (χ3v) is 5.65. The summed E-state index contributed by atoms with van der Waals surface area (Å²) >= 11 is 0. The molecule has 1 atom stereocenters. The van der Waals surface area contributed by atoms with Gasteiger partial charge in [0, 0.05) is 42.3 Å². The van der Waals surface area contributed by atoms with Gasteiger partial charge in [0.05, 0.1) is 6.10 Å². The van der Waals surface area contributed by atoms with Crippen LogP contribution >= 0.6 is 0 Å². The topological polar surface area (TPSA) is 51.9 Å². The number of fused-ring (bicyclic) bond motifs is 2. The molecule has 0 N–H and O–H groups in total. The molecule has 2 aromatic carbocycles. The van der Waals surface area contributed by atoms with Crippen LogP contribution in [-0.4, -0.2) is 30.9 Å². The molecule has 0 bridgehead atoms. The molecule has 2 aliphatic rings. The van der Waals surface area contributed by atoms with Crippen molar-refractivity contribution >= 4 is 11.0 Å². The summed E-state index contributed by atoms with van der Waals surface area (Å²) in [5, 5.41) is 0.949. The van der Waals surface area contributed by atoms with E-state index >= 15 is 0 Å². The Morgan fingerprint density at radius 2 is 2.04 bits per heavy atom. The van der Waals surface area contributed by atoms with E-state index in [-0.39, 0.29) is 5.63 Å². The molecular formula is C23H23NO4. The molecule has 5 rings (SSSR count). The number of ether oxygens (including phenoxy) is 2. The van der Waals surface area contributed by atoms with Crippen molar-refractivity contribution in [2.45, 2.75) is 32.4 Å². The molecule has 1 fully saturated rings. The van der Waals surface area contributed by atoms with E-state index in [1.54, 1.807) is 6.07 Å². The Hall–Kier alpha value is -2.63. The van der Waals surface area contributed by atoms with Gasteiger partial charge >= 0.3 is 5.63 Å². The van der Waals surface area contributed by atoms with Gasteiger partial charge in [0.1, 0.15) is 18.1 Å². The van der Waals surface area contributed by atoms with Crippen LogP contribution in [0.3, 0.4) is 0 Å². The van der Waals surface area contributed by atoms with Crippen LogP contribution < -0.4 is 10.4 Å². The van der Waals surface area contributed by atoms with Gasteiger partial charge in [-0.3, -0.25) is 4.90 Å². The lowest BCUT2D eigenvalue weighted by atomic mass is 9.97. The monoisotopic (exact) mass is 377 g/mol. The average Bonchev–Trinajstić information content (AvgIpc) is 3.22. The Morgan fingerprint density at radius 1 is 1.18 bits per heavy atom.